The molecule has 0 aliphatic carbocycles. The van der Waals surface area contributed by atoms with Gasteiger partial charge in [-0.1, -0.05) is 0 Å². The quantitative estimate of drug-likeness (QED) is 0.641. The second kappa shape index (κ2) is 2.54. The molecule has 3 fully saturated rings. The molecule has 5 heteroatoms. The van der Waals surface area contributed by atoms with Crippen molar-refractivity contribution < 1.29 is 14.6 Å². The lowest BCUT2D eigenvalue weighted by molar-refractivity contribution is -0.107. The predicted molar refractivity (Wildman–Crippen MR) is 57.1 cm³/mol. The van der Waals surface area contributed by atoms with Gasteiger partial charge in [0.2, 0.25) is 0 Å². The number of carbonyl (C=O) groups is 1. The van der Waals surface area contributed by atoms with Gasteiger partial charge in [-0.15, -0.1) is 0 Å². The van der Waals surface area contributed by atoms with E-state index in [4.69, 9.17) is 4.74 Å². The molecule has 0 aromatic rings. The summed E-state index contributed by atoms with van der Waals surface area (Å²) in [5.74, 6) is 0. The van der Waals surface area contributed by atoms with Crippen molar-refractivity contribution in [1.82, 2.24) is 9.80 Å². The van der Waals surface area contributed by atoms with E-state index in [9.17, 15) is 9.90 Å². The Bertz CT molecular complexity index is 349. The standard InChI is InChI=1S/C11H18N2O3/c1-9(2,3)16-8(14)12-6-11(15,7-12)10-4-13(10)5-10/h15H,4-7H2,1-3H3. The Hall–Kier alpha value is -0.810. The smallest absolute Gasteiger partial charge is 0.410 e. The summed E-state index contributed by atoms with van der Waals surface area (Å²) >= 11 is 0. The molecule has 3 aliphatic heterocycles. The Kier molecular flexibility index (Phi) is 1.64. The van der Waals surface area contributed by atoms with E-state index in [2.05, 4.69) is 4.90 Å². The van der Waals surface area contributed by atoms with E-state index < -0.39 is 11.2 Å². The summed E-state index contributed by atoms with van der Waals surface area (Å²) in [5.41, 5.74) is -1.11. The number of carbonyl (C=O) groups excluding carboxylic acids is 1. The lowest BCUT2D eigenvalue weighted by atomic mass is 9.83. The first-order valence-corrected chi connectivity index (χ1v) is 5.71. The van der Waals surface area contributed by atoms with Gasteiger partial charge < -0.3 is 14.7 Å². The van der Waals surface area contributed by atoms with Crippen LogP contribution >= 0.6 is 0 Å². The summed E-state index contributed by atoms with van der Waals surface area (Å²) in [4.78, 5) is 15.5. The van der Waals surface area contributed by atoms with Crippen LogP contribution in [-0.4, -0.2) is 63.9 Å². The Morgan fingerprint density at radius 3 is 2.12 bits per heavy atom. The van der Waals surface area contributed by atoms with Gasteiger partial charge in [0, 0.05) is 13.1 Å². The largest absolute Gasteiger partial charge is 0.444 e. The minimum absolute atomic E-state index is 0.0332. The minimum atomic E-state index is -0.677. The molecule has 3 rings (SSSR count). The number of ether oxygens (including phenoxy) is 1. The summed E-state index contributed by atoms with van der Waals surface area (Å²) in [7, 11) is 0. The van der Waals surface area contributed by atoms with Crippen LogP contribution in [0.5, 0.6) is 0 Å². The molecule has 1 amide bonds. The van der Waals surface area contributed by atoms with Gasteiger partial charge in [0.25, 0.3) is 0 Å². The number of aliphatic hydroxyl groups is 1. The molecule has 3 aliphatic rings. The van der Waals surface area contributed by atoms with Gasteiger partial charge in [0.05, 0.1) is 18.6 Å². The Balaban J connectivity index is 1.55. The molecule has 3 heterocycles. The number of β-amino-alcohol motifs (C(OH)–C–C–N with tert-alkyl or cyclic N) is 1. The fourth-order valence-electron chi connectivity index (χ4n) is 2.44. The van der Waals surface area contributed by atoms with Gasteiger partial charge in [-0.2, -0.15) is 0 Å². The molecule has 0 saturated carbocycles. The molecule has 0 bridgehead atoms. The molecule has 0 aromatic heterocycles. The number of amides is 1. The van der Waals surface area contributed by atoms with E-state index in [0.717, 1.165) is 13.1 Å². The topological polar surface area (TPSA) is 52.8 Å². The van der Waals surface area contributed by atoms with Crippen molar-refractivity contribution in [3.05, 3.63) is 0 Å². The van der Waals surface area contributed by atoms with Crippen molar-refractivity contribution in [2.75, 3.05) is 26.2 Å². The lowest BCUT2D eigenvalue weighted by Gasteiger charge is -2.47. The zero-order valence-corrected chi connectivity index (χ0v) is 9.99. The van der Waals surface area contributed by atoms with E-state index in [1.165, 1.54) is 0 Å². The number of rotatable bonds is 1. The highest BCUT2D eigenvalue weighted by Gasteiger charge is 2.80. The molecule has 90 valence electrons. The summed E-state index contributed by atoms with van der Waals surface area (Å²) in [6.45, 7) is 8.35. The average molecular weight is 226 g/mol. The first-order valence-electron chi connectivity index (χ1n) is 5.71. The summed E-state index contributed by atoms with van der Waals surface area (Å²) in [6.07, 6.45) is -0.318. The van der Waals surface area contributed by atoms with Crippen LogP contribution in [0.2, 0.25) is 0 Å². The first-order chi connectivity index (χ1) is 7.26. The molecule has 16 heavy (non-hydrogen) atoms. The van der Waals surface area contributed by atoms with Crippen LogP contribution in [-0.2, 0) is 4.74 Å². The first kappa shape index (κ1) is 10.4. The third kappa shape index (κ3) is 1.28. The van der Waals surface area contributed by atoms with Gasteiger partial charge in [-0.05, 0) is 20.8 Å². The lowest BCUT2D eigenvalue weighted by Crippen LogP contribution is -2.69. The Morgan fingerprint density at radius 1 is 1.25 bits per heavy atom. The molecule has 0 atom stereocenters. The number of nitrogens with zero attached hydrogens (tertiary/aromatic N) is 2. The van der Waals surface area contributed by atoms with Crippen molar-refractivity contribution in [2.45, 2.75) is 37.5 Å². The van der Waals surface area contributed by atoms with Crippen LogP contribution < -0.4 is 0 Å². The molecule has 0 aromatic carbocycles. The maximum atomic E-state index is 11.7. The second-order valence-corrected chi connectivity index (χ2v) is 6.26. The average Bonchev–Trinajstić information content (AvgIpc) is 2.79. The van der Waals surface area contributed by atoms with Crippen molar-refractivity contribution in [2.24, 2.45) is 0 Å². The highest BCUT2D eigenvalue weighted by molar-refractivity contribution is 5.70. The van der Waals surface area contributed by atoms with Crippen LogP contribution in [0.25, 0.3) is 0 Å². The van der Waals surface area contributed by atoms with Crippen LogP contribution in [0, 0.1) is 0 Å². The zero-order valence-electron chi connectivity index (χ0n) is 9.99. The van der Waals surface area contributed by atoms with Crippen molar-refractivity contribution >= 4 is 6.09 Å². The highest BCUT2D eigenvalue weighted by Crippen LogP contribution is 2.58. The molecule has 0 radical (unpaired) electrons. The van der Waals surface area contributed by atoms with Gasteiger partial charge in [-0.25, -0.2) is 4.79 Å². The molecule has 0 unspecified atom stereocenters. The third-order valence-corrected chi connectivity index (χ3v) is 3.73. The van der Waals surface area contributed by atoms with Crippen molar-refractivity contribution in [1.29, 1.82) is 0 Å². The van der Waals surface area contributed by atoms with Crippen molar-refractivity contribution in [3.8, 4) is 0 Å². The van der Waals surface area contributed by atoms with Gasteiger partial charge >= 0.3 is 6.09 Å². The number of likely N-dealkylation sites (tertiary alicyclic amines) is 1. The van der Waals surface area contributed by atoms with E-state index in [1.54, 1.807) is 4.90 Å². The van der Waals surface area contributed by atoms with Crippen LogP contribution in [0.3, 0.4) is 0 Å². The Labute approximate surface area is 95.0 Å². The summed E-state index contributed by atoms with van der Waals surface area (Å²) < 4.78 is 5.24. The van der Waals surface area contributed by atoms with E-state index >= 15 is 0 Å². The van der Waals surface area contributed by atoms with Crippen LogP contribution in [0.1, 0.15) is 20.8 Å². The number of fused-ring (bicyclic) bond motifs is 1. The maximum Gasteiger partial charge on any atom is 0.410 e. The van der Waals surface area contributed by atoms with Gasteiger partial charge in [0.1, 0.15) is 11.2 Å². The molecular formula is C11H18N2O3. The fraction of sp³-hybridized carbons (Fsp3) is 0.909. The third-order valence-electron chi connectivity index (χ3n) is 3.73. The highest BCUT2D eigenvalue weighted by atomic mass is 16.6. The molecule has 1 N–H and O–H groups in total. The number of hydrogen-bond donors (Lipinski definition) is 1. The molecule has 5 nitrogen and oxygen atoms in total. The normalized spacial score (nSPS) is 38.5. The second-order valence-electron chi connectivity index (χ2n) is 6.26. The van der Waals surface area contributed by atoms with E-state index in [0.29, 0.717) is 13.1 Å². The zero-order chi connectivity index (χ0) is 11.8. The molecular weight excluding hydrogens is 208 g/mol. The van der Waals surface area contributed by atoms with Gasteiger partial charge in [0.15, 0.2) is 0 Å². The van der Waals surface area contributed by atoms with E-state index in [-0.39, 0.29) is 11.6 Å². The maximum absolute atomic E-state index is 11.7. The number of hydrogen-bond acceptors (Lipinski definition) is 4. The fourth-order valence-corrected chi connectivity index (χ4v) is 2.44. The molecule has 3 saturated heterocycles. The predicted octanol–water partition coefficient (Wildman–Crippen LogP) is 0.0362. The Morgan fingerprint density at radius 2 is 1.75 bits per heavy atom. The summed E-state index contributed by atoms with van der Waals surface area (Å²) in [6, 6.07) is 0. The van der Waals surface area contributed by atoms with E-state index in [1.807, 2.05) is 20.8 Å². The monoisotopic (exact) mass is 226 g/mol. The van der Waals surface area contributed by atoms with Crippen LogP contribution in [0.4, 0.5) is 4.79 Å². The minimum Gasteiger partial charge on any atom is -0.444 e. The van der Waals surface area contributed by atoms with Gasteiger partial charge in [-0.3, -0.25) is 4.90 Å². The molecule has 0 spiro atoms. The SMILES string of the molecule is CC(C)(C)OC(=O)N1CC(O)(C23CN2C3)C1. The summed E-state index contributed by atoms with van der Waals surface area (Å²) in [5, 5.41) is 10.3. The van der Waals surface area contributed by atoms with Crippen molar-refractivity contribution in [3.63, 3.8) is 0 Å². The van der Waals surface area contributed by atoms with Crippen LogP contribution in [0.15, 0.2) is 0 Å².